The fourth-order valence-electron chi connectivity index (χ4n) is 2.09. The van der Waals surface area contributed by atoms with Crippen LogP contribution >= 0.6 is 0 Å². The first-order valence-corrected chi connectivity index (χ1v) is 6.02. The molecule has 0 aliphatic carbocycles. The summed E-state index contributed by atoms with van der Waals surface area (Å²) < 4.78 is 6.78. The first-order chi connectivity index (χ1) is 8.95. The average Bonchev–Trinajstić information content (AvgIpc) is 2.76. The molecule has 1 aliphatic rings. The Morgan fingerprint density at radius 2 is 2.05 bits per heavy atom. The van der Waals surface area contributed by atoms with E-state index in [1.54, 1.807) is 4.90 Å². The van der Waals surface area contributed by atoms with E-state index in [1.165, 1.54) is 10.9 Å². The van der Waals surface area contributed by atoms with Gasteiger partial charge in [0.15, 0.2) is 5.69 Å². The van der Waals surface area contributed by atoms with Crippen LogP contribution in [0, 0.1) is 0 Å². The Kier molecular flexibility index (Phi) is 3.79. The average molecular weight is 268 g/mol. The van der Waals surface area contributed by atoms with Crippen LogP contribution in [-0.4, -0.2) is 62.2 Å². The highest BCUT2D eigenvalue weighted by molar-refractivity contribution is 5.84. The fourth-order valence-corrected chi connectivity index (χ4v) is 2.09. The number of aromatic carboxylic acids is 1. The quantitative estimate of drug-likeness (QED) is 0.802. The van der Waals surface area contributed by atoms with E-state index in [9.17, 15) is 9.59 Å². The van der Waals surface area contributed by atoms with Gasteiger partial charge in [-0.1, -0.05) is 5.21 Å². The molecular formula is C11H16N4O4. The molecule has 1 amide bonds. The second-order valence-electron chi connectivity index (χ2n) is 4.66. The Balaban J connectivity index is 1.98. The van der Waals surface area contributed by atoms with Crippen LogP contribution in [0.25, 0.3) is 0 Å². The van der Waals surface area contributed by atoms with Crippen molar-refractivity contribution in [3.8, 4) is 0 Å². The van der Waals surface area contributed by atoms with E-state index in [-0.39, 0.29) is 30.4 Å². The molecule has 1 N–H and O–H groups in total. The first kappa shape index (κ1) is 13.5. The Hall–Kier alpha value is -1.96. The zero-order valence-corrected chi connectivity index (χ0v) is 10.8. The zero-order valence-electron chi connectivity index (χ0n) is 10.8. The summed E-state index contributed by atoms with van der Waals surface area (Å²) in [5.74, 6) is -1.28. The maximum absolute atomic E-state index is 12.1. The number of nitrogens with zero attached hydrogens (tertiary/aromatic N) is 4. The van der Waals surface area contributed by atoms with E-state index in [2.05, 4.69) is 10.3 Å². The van der Waals surface area contributed by atoms with Gasteiger partial charge in [0.05, 0.1) is 18.4 Å². The summed E-state index contributed by atoms with van der Waals surface area (Å²) in [6, 6.07) is 0. The van der Waals surface area contributed by atoms with E-state index in [4.69, 9.17) is 9.84 Å². The van der Waals surface area contributed by atoms with Crippen LogP contribution in [0.3, 0.4) is 0 Å². The molecule has 0 aromatic carbocycles. The van der Waals surface area contributed by atoms with Crippen LogP contribution < -0.4 is 0 Å². The highest BCUT2D eigenvalue weighted by atomic mass is 16.5. The van der Waals surface area contributed by atoms with Crippen LogP contribution in [0.1, 0.15) is 24.3 Å². The smallest absolute Gasteiger partial charge is 0.358 e. The van der Waals surface area contributed by atoms with Crippen molar-refractivity contribution in [3.63, 3.8) is 0 Å². The molecule has 19 heavy (non-hydrogen) atoms. The highest BCUT2D eigenvalue weighted by Crippen LogP contribution is 2.11. The number of morpholine rings is 1. The van der Waals surface area contributed by atoms with Crippen molar-refractivity contribution in [1.82, 2.24) is 19.9 Å². The molecule has 0 spiro atoms. The van der Waals surface area contributed by atoms with Gasteiger partial charge in [-0.2, -0.15) is 0 Å². The summed E-state index contributed by atoms with van der Waals surface area (Å²) in [4.78, 5) is 24.4. The minimum absolute atomic E-state index is 0.00183. The SMILES string of the molecule is C[C@@H]1CN(C(=O)Cn2cc(C(=O)O)nn2)C[C@H](C)O1. The second kappa shape index (κ2) is 5.35. The summed E-state index contributed by atoms with van der Waals surface area (Å²) in [6.07, 6.45) is 1.24. The van der Waals surface area contributed by atoms with E-state index >= 15 is 0 Å². The van der Waals surface area contributed by atoms with E-state index in [0.717, 1.165) is 0 Å². The number of hydrogen-bond donors (Lipinski definition) is 1. The van der Waals surface area contributed by atoms with Crippen molar-refractivity contribution in [3.05, 3.63) is 11.9 Å². The summed E-state index contributed by atoms with van der Waals surface area (Å²) in [6.45, 7) is 4.87. The second-order valence-corrected chi connectivity index (χ2v) is 4.66. The van der Waals surface area contributed by atoms with Crippen LogP contribution in [0.4, 0.5) is 0 Å². The largest absolute Gasteiger partial charge is 0.476 e. The van der Waals surface area contributed by atoms with Gasteiger partial charge in [0.1, 0.15) is 6.54 Å². The third-order valence-corrected chi connectivity index (χ3v) is 2.83. The van der Waals surface area contributed by atoms with Gasteiger partial charge in [0.25, 0.3) is 0 Å². The van der Waals surface area contributed by atoms with Gasteiger partial charge in [0.2, 0.25) is 5.91 Å². The van der Waals surface area contributed by atoms with Gasteiger partial charge in [-0.05, 0) is 13.8 Å². The zero-order chi connectivity index (χ0) is 14.0. The van der Waals surface area contributed by atoms with Crippen molar-refractivity contribution >= 4 is 11.9 Å². The molecule has 1 aliphatic heterocycles. The minimum atomic E-state index is -1.16. The van der Waals surface area contributed by atoms with E-state index < -0.39 is 5.97 Å². The van der Waals surface area contributed by atoms with Crippen molar-refractivity contribution in [2.24, 2.45) is 0 Å². The molecule has 8 nitrogen and oxygen atoms in total. The Morgan fingerprint density at radius 1 is 1.42 bits per heavy atom. The lowest BCUT2D eigenvalue weighted by molar-refractivity contribution is -0.144. The van der Waals surface area contributed by atoms with E-state index in [0.29, 0.717) is 13.1 Å². The number of carbonyl (C=O) groups is 2. The molecule has 1 saturated heterocycles. The third kappa shape index (κ3) is 3.28. The lowest BCUT2D eigenvalue weighted by atomic mass is 10.2. The predicted molar refractivity (Wildman–Crippen MR) is 63.6 cm³/mol. The van der Waals surface area contributed by atoms with Gasteiger partial charge in [-0.15, -0.1) is 5.10 Å². The molecule has 2 heterocycles. The van der Waals surface area contributed by atoms with Gasteiger partial charge >= 0.3 is 5.97 Å². The lowest BCUT2D eigenvalue weighted by Gasteiger charge is -2.35. The monoisotopic (exact) mass is 268 g/mol. The molecule has 1 aromatic heterocycles. The Bertz CT molecular complexity index is 477. The molecule has 0 saturated carbocycles. The van der Waals surface area contributed by atoms with Gasteiger partial charge in [-0.3, -0.25) is 4.79 Å². The summed E-state index contributed by atoms with van der Waals surface area (Å²) >= 11 is 0. The van der Waals surface area contributed by atoms with Crippen molar-refractivity contribution in [1.29, 1.82) is 0 Å². The van der Waals surface area contributed by atoms with E-state index in [1.807, 2.05) is 13.8 Å². The van der Waals surface area contributed by atoms with Crippen LogP contribution in [-0.2, 0) is 16.1 Å². The number of carbonyl (C=O) groups excluding carboxylic acids is 1. The molecule has 1 aromatic rings. The number of ether oxygens (including phenoxy) is 1. The molecule has 0 bridgehead atoms. The number of amides is 1. The first-order valence-electron chi connectivity index (χ1n) is 6.02. The molecule has 0 radical (unpaired) electrons. The fraction of sp³-hybridized carbons (Fsp3) is 0.636. The molecule has 2 atom stereocenters. The number of aromatic nitrogens is 3. The lowest BCUT2D eigenvalue weighted by Crippen LogP contribution is -2.49. The summed E-state index contributed by atoms with van der Waals surface area (Å²) in [5, 5.41) is 15.8. The van der Waals surface area contributed by atoms with Gasteiger partial charge in [0, 0.05) is 13.1 Å². The van der Waals surface area contributed by atoms with Gasteiger partial charge in [-0.25, -0.2) is 9.48 Å². The highest BCUT2D eigenvalue weighted by Gasteiger charge is 2.26. The maximum Gasteiger partial charge on any atom is 0.358 e. The maximum atomic E-state index is 12.1. The molecule has 2 rings (SSSR count). The van der Waals surface area contributed by atoms with Crippen molar-refractivity contribution in [2.45, 2.75) is 32.6 Å². The molecular weight excluding hydrogens is 252 g/mol. The number of carboxylic acid groups (broad SMARTS) is 1. The van der Waals surface area contributed by atoms with Crippen LogP contribution in [0.15, 0.2) is 6.20 Å². The molecule has 104 valence electrons. The number of hydrogen-bond acceptors (Lipinski definition) is 5. The molecule has 1 fully saturated rings. The van der Waals surface area contributed by atoms with Crippen molar-refractivity contribution < 1.29 is 19.4 Å². The predicted octanol–water partition coefficient (Wildman–Crippen LogP) is -0.388. The third-order valence-electron chi connectivity index (χ3n) is 2.83. The Morgan fingerprint density at radius 3 is 2.58 bits per heavy atom. The normalized spacial score (nSPS) is 23.4. The summed E-state index contributed by atoms with van der Waals surface area (Å²) in [5.41, 5.74) is -0.170. The number of rotatable bonds is 3. The molecule has 8 heteroatoms. The standard InChI is InChI=1S/C11H16N4O4/c1-7-3-14(4-8(2)19-7)10(16)6-15-5-9(11(17)18)12-13-15/h5,7-8H,3-4,6H2,1-2H3,(H,17,18)/t7-,8+. The topological polar surface area (TPSA) is 97.6 Å². The Labute approximate surface area is 109 Å². The van der Waals surface area contributed by atoms with Crippen molar-refractivity contribution in [2.75, 3.05) is 13.1 Å². The molecule has 0 unspecified atom stereocenters. The number of carboxylic acids is 1. The minimum Gasteiger partial charge on any atom is -0.476 e. The van der Waals surface area contributed by atoms with Gasteiger partial charge < -0.3 is 14.7 Å². The summed E-state index contributed by atoms with van der Waals surface area (Å²) in [7, 11) is 0. The van der Waals surface area contributed by atoms with Crippen LogP contribution in [0.2, 0.25) is 0 Å². The van der Waals surface area contributed by atoms with Crippen LogP contribution in [0.5, 0.6) is 0 Å².